The Kier molecular flexibility index (Phi) is 51.4. The smallest absolute Gasteiger partial charge is 0.456 e. The van der Waals surface area contributed by atoms with Crippen LogP contribution in [0.1, 0.15) is 297 Å². The zero-order valence-electron chi connectivity index (χ0n) is 48.4. The van der Waals surface area contributed by atoms with Gasteiger partial charge in [-0.1, -0.05) is 244 Å². The molecule has 1 amide bonds. The minimum atomic E-state index is -4.44. The third-order valence-electron chi connectivity index (χ3n) is 13.8. The van der Waals surface area contributed by atoms with E-state index >= 15 is 0 Å². The predicted octanol–water partition coefficient (Wildman–Crippen LogP) is 18.7. The van der Waals surface area contributed by atoms with Crippen molar-refractivity contribution in [1.29, 1.82) is 0 Å². The quantitative estimate of drug-likeness (QED) is 0.0205. The fraction of sp³-hybridized carbons (Fsp3) is 0.871. The van der Waals surface area contributed by atoms with Gasteiger partial charge in [0.25, 0.3) is 0 Å². The van der Waals surface area contributed by atoms with Gasteiger partial charge < -0.3 is 19.4 Å². The van der Waals surface area contributed by atoms with Gasteiger partial charge in [0.1, 0.15) is 19.3 Å². The minimum Gasteiger partial charge on any atom is -0.456 e. The van der Waals surface area contributed by atoms with Gasteiger partial charge in [-0.3, -0.25) is 18.6 Å². The summed E-state index contributed by atoms with van der Waals surface area (Å²) in [5.74, 6) is -0.507. The number of esters is 1. The molecular formula is C62H120N2O7P+. The van der Waals surface area contributed by atoms with Crippen molar-refractivity contribution in [1.82, 2.24) is 5.32 Å². The second-order valence-corrected chi connectivity index (χ2v) is 23.7. The number of nitrogens with one attached hydrogen (secondary N) is 1. The summed E-state index contributed by atoms with van der Waals surface area (Å²) in [5.41, 5.74) is 0. The van der Waals surface area contributed by atoms with Gasteiger partial charge >= 0.3 is 13.8 Å². The van der Waals surface area contributed by atoms with Crippen LogP contribution in [0.15, 0.2) is 36.5 Å². The van der Waals surface area contributed by atoms with Crippen LogP contribution >= 0.6 is 7.82 Å². The number of phosphoric acid groups is 1. The van der Waals surface area contributed by atoms with Crippen molar-refractivity contribution in [2.75, 3.05) is 40.9 Å². The molecular weight excluding hydrogens is 916 g/mol. The van der Waals surface area contributed by atoms with E-state index in [1.54, 1.807) is 0 Å². The molecule has 0 heterocycles. The molecule has 0 aromatic rings. The van der Waals surface area contributed by atoms with E-state index in [0.29, 0.717) is 17.4 Å². The number of carbonyl (C=O) groups excluding carboxylic acids is 2. The van der Waals surface area contributed by atoms with Crippen LogP contribution < -0.4 is 5.32 Å². The molecule has 0 fully saturated rings. The van der Waals surface area contributed by atoms with E-state index in [1.165, 1.54) is 180 Å². The molecule has 424 valence electrons. The highest BCUT2D eigenvalue weighted by Gasteiger charge is 2.30. The third kappa shape index (κ3) is 53.1. The van der Waals surface area contributed by atoms with E-state index in [1.807, 2.05) is 33.3 Å². The number of unbranched alkanes of at least 4 members (excludes halogenated alkanes) is 36. The van der Waals surface area contributed by atoms with E-state index in [2.05, 4.69) is 50.4 Å². The van der Waals surface area contributed by atoms with Gasteiger partial charge in [-0.2, -0.15) is 0 Å². The lowest BCUT2D eigenvalue weighted by molar-refractivity contribution is -0.870. The Morgan fingerprint density at radius 3 is 1.22 bits per heavy atom. The van der Waals surface area contributed by atoms with Crippen molar-refractivity contribution >= 4 is 19.7 Å². The Hall–Kier alpha value is -1.77. The highest BCUT2D eigenvalue weighted by Crippen LogP contribution is 2.43. The Balaban J connectivity index is 5.10. The lowest BCUT2D eigenvalue weighted by Gasteiger charge is -2.27. The molecule has 10 heteroatoms. The number of likely N-dealkylation sites (N-methyl/N-ethyl adjacent to an activating group) is 1. The predicted molar refractivity (Wildman–Crippen MR) is 309 cm³/mol. The molecule has 0 radical (unpaired) electrons. The molecule has 0 spiro atoms. The van der Waals surface area contributed by atoms with Crippen LogP contribution in [0, 0.1) is 0 Å². The topological polar surface area (TPSA) is 111 Å². The van der Waals surface area contributed by atoms with Gasteiger partial charge in [0.05, 0.1) is 33.8 Å². The number of rotatable bonds is 56. The van der Waals surface area contributed by atoms with Crippen molar-refractivity contribution in [3.63, 3.8) is 0 Å². The highest BCUT2D eigenvalue weighted by molar-refractivity contribution is 7.47. The number of quaternary nitrogens is 1. The molecule has 3 unspecified atom stereocenters. The number of carbonyl (C=O) groups is 2. The molecule has 0 aromatic heterocycles. The first kappa shape index (κ1) is 70.2. The normalized spacial score (nSPS) is 13.9. The molecule has 0 aliphatic heterocycles. The van der Waals surface area contributed by atoms with E-state index in [4.69, 9.17) is 13.8 Å². The first-order valence-corrected chi connectivity index (χ1v) is 32.3. The van der Waals surface area contributed by atoms with Crippen LogP contribution in [0.25, 0.3) is 0 Å². The van der Waals surface area contributed by atoms with Crippen LogP contribution in [0.2, 0.25) is 0 Å². The molecule has 3 atom stereocenters. The van der Waals surface area contributed by atoms with Gasteiger partial charge in [-0.25, -0.2) is 4.57 Å². The maximum atomic E-state index is 13.5. The Morgan fingerprint density at radius 2 is 0.819 bits per heavy atom. The average molecular weight is 1040 g/mol. The van der Waals surface area contributed by atoms with Crippen molar-refractivity contribution in [2.24, 2.45) is 0 Å². The largest absolute Gasteiger partial charge is 0.472 e. The summed E-state index contributed by atoms with van der Waals surface area (Å²) in [7, 11) is 1.50. The molecule has 0 bridgehead atoms. The first-order valence-electron chi connectivity index (χ1n) is 30.8. The van der Waals surface area contributed by atoms with Gasteiger partial charge in [-0.15, -0.1) is 0 Å². The van der Waals surface area contributed by atoms with Gasteiger partial charge in [0, 0.05) is 12.8 Å². The molecule has 0 rings (SSSR count). The molecule has 72 heavy (non-hydrogen) atoms. The standard InChI is InChI=1S/C62H119N2O7P/c1-7-10-13-16-19-22-25-27-28-29-30-31-32-33-34-35-36-37-40-42-45-48-51-54-61(65)63-59(58-70-72(67,68)69-57-56-64(4,5)6)60(53-50-47-44-41-39-26-23-20-17-14-11-8-2)71-62(66)55-52-49-46-43-38-24-21-18-15-12-9-3/h18,21,27-28,50,53,59-60H,7-17,19-20,22-26,29-49,51-52,54-58H2,1-6H3,(H-,63,65,67,68)/p+1/b21-18-,28-27+,53-50-. The minimum absolute atomic E-state index is 0.0407. The second kappa shape index (κ2) is 52.7. The molecule has 0 aromatic carbocycles. The van der Waals surface area contributed by atoms with Crippen molar-refractivity contribution in [3.05, 3.63) is 36.5 Å². The summed E-state index contributed by atoms with van der Waals surface area (Å²) >= 11 is 0. The summed E-state index contributed by atoms with van der Waals surface area (Å²) < 4.78 is 30.6. The summed E-state index contributed by atoms with van der Waals surface area (Å²) in [6.07, 6.45) is 62.9. The fourth-order valence-corrected chi connectivity index (χ4v) is 9.71. The Labute approximate surface area is 446 Å². The number of phosphoric ester groups is 1. The number of allylic oxidation sites excluding steroid dienone is 5. The van der Waals surface area contributed by atoms with Crippen molar-refractivity contribution in [2.45, 2.75) is 309 Å². The lowest BCUT2D eigenvalue weighted by atomic mass is 10.0. The van der Waals surface area contributed by atoms with E-state index < -0.39 is 20.0 Å². The highest BCUT2D eigenvalue weighted by atomic mass is 31.2. The maximum absolute atomic E-state index is 13.5. The van der Waals surface area contributed by atoms with Crippen LogP contribution in [-0.2, 0) is 27.9 Å². The van der Waals surface area contributed by atoms with Crippen LogP contribution in [0.3, 0.4) is 0 Å². The summed E-state index contributed by atoms with van der Waals surface area (Å²) in [4.78, 5) is 37.6. The maximum Gasteiger partial charge on any atom is 0.472 e. The van der Waals surface area contributed by atoms with Crippen molar-refractivity contribution < 1.29 is 37.3 Å². The number of hydrogen-bond donors (Lipinski definition) is 2. The van der Waals surface area contributed by atoms with E-state index in [-0.39, 0.29) is 31.5 Å². The first-order chi connectivity index (χ1) is 34.9. The Morgan fingerprint density at radius 1 is 0.472 bits per heavy atom. The second-order valence-electron chi connectivity index (χ2n) is 22.2. The van der Waals surface area contributed by atoms with Gasteiger partial charge in [0.15, 0.2) is 0 Å². The fourth-order valence-electron chi connectivity index (χ4n) is 8.98. The third-order valence-corrected chi connectivity index (χ3v) is 14.8. The molecule has 0 aliphatic carbocycles. The molecule has 0 aliphatic rings. The zero-order chi connectivity index (χ0) is 52.9. The zero-order valence-corrected chi connectivity index (χ0v) is 49.3. The summed E-state index contributed by atoms with van der Waals surface area (Å²) in [6, 6.07) is -0.847. The molecule has 0 saturated heterocycles. The van der Waals surface area contributed by atoms with Crippen LogP contribution in [0.4, 0.5) is 0 Å². The number of amides is 1. The van der Waals surface area contributed by atoms with Crippen LogP contribution in [-0.4, -0.2) is 74.3 Å². The lowest BCUT2D eigenvalue weighted by Crippen LogP contribution is -2.47. The Bertz CT molecular complexity index is 1330. The summed E-state index contributed by atoms with van der Waals surface area (Å²) in [5, 5.41) is 3.05. The average Bonchev–Trinajstić information content (AvgIpc) is 3.34. The molecule has 9 nitrogen and oxygen atoms in total. The van der Waals surface area contributed by atoms with Gasteiger partial charge in [-0.05, 0) is 76.7 Å². The number of nitrogens with zero attached hydrogens (tertiary/aromatic N) is 1. The van der Waals surface area contributed by atoms with E-state index in [0.717, 1.165) is 83.5 Å². The van der Waals surface area contributed by atoms with Gasteiger partial charge in [0.2, 0.25) is 5.91 Å². The molecule has 0 saturated carbocycles. The van der Waals surface area contributed by atoms with E-state index in [9.17, 15) is 19.0 Å². The van der Waals surface area contributed by atoms with Crippen LogP contribution in [0.5, 0.6) is 0 Å². The monoisotopic (exact) mass is 1040 g/mol. The molecule has 2 N–H and O–H groups in total. The summed E-state index contributed by atoms with van der Waals surface area (Å²) in [6.45, 7) is 6.99. The SMILES string of the molecule is CCCC/C=C\CCCCCCCC(=O)OC(/C=C\CCCCCCCCCCCC)C(COP(=O)(O)OCC[N+](C)(C)C)NC(=O)CCCCCCCCCCCCCCC/C=C/CCCCCCCC. The van der Waals surface area contributed by atoms with Crippen molar-refractivity contribution in [3.8, 4) is 0 Å². The number of ether oxygens (including phenoxy) is 1. The number of hydrogen-bond acceptors (Lipinski definition) is 6.